The average Bonchev–Trinajstić information content (AvgIpc) is 2.87. The van der Waals surface area contributed by atoms with Gasteiger partial charge < -0.3 is 9.84 Å². The van der Waals surface area contributed by atoms with Gasteiger partial charge in [0.05, 0.1) is 12.1 Å². The number of hydrogen-bond acceptors (Lipinski definition) is 5. The second-order valence-corrected chi connectivity index (χ2v) is 10.7. The van der Waals surface area contributed by atoms with Crippen LogP contribution in [-0.2, 0) is 4.79 Å². The predicted molar refractivity (Wildman–Crippen MR) is 166 cm³/mol. The molecule has 0 aromatic heterocycles. The van der Waals surface area contributed by atoms with E-state index in [4.69, 9.17) is 4.74 Å². The van der Waals surface area contributed by atoms with Crippen molar-refractivity contribution in [3.63, 3.8) is 0 Å². The molecule has 1 aromatic carbocycles. The van der Waals surface area contributed by atoms with Crippen LogP contribution in [0.1, 0.15) is 65.4 Å². The number of aliphatic imine (C=N–C) groups is 2. The highest BCUT2D eigenvalue weighted by Crippen LogP contribution is 2.28. The molecular weight excluding hydrogens is 492 g/mol. The number of nitrogens with zero attached hydrogens (tertiary/aromatic N) is 2. The summed E-state index contributed by atoms with van der Waals surface area (Å²) < 4.78 is 6.03. The fraction of sp³-hybridized carbons (Fsp3) is 0.406. The van der Waals surface area contributed by atoms with Gasteiger partial charge in [-0.1, -0.05) is 69.9 Å². The summed E-state index contributed by atoms with van der Waals surface area (Å²) in [7, 11) is 1.73. The third-order valence-corrected chi connectivity index (χ3v) is 6.91. The van der Waals surface area contributed by atoms with Gasteiger partial charge in [0.1, 0.15) is 12.4 Å². The van der Waals surface area contributed by atoms with Crippen molar-refractivity contribution in [2.24, 2.45) is 15.4 Å². The highest BCUT2D eigenvalue weighted by Gasteiger charge is 2.21. The molecule has 0 aliphatic heterocycles. The topological polar surface area (TPSA) is 71.2 Å². The quantitative estimate of drug-likeness (QED) is 0.139. The fourth-order valence-electron chi connectivity index (χ4n) is 3.76. The van der Waals surface area contributed by atoms with Crippen LogP contribution in [0.15, 0.2) is 93.5 Å². The van der Waals surface area contributed by atoms with Crippen LogP contribution < -0.4 is 4.74 Å². The van der Waals surface area contributed by atoms with E-state index in [0.717, 1.165) is 40.5 Å². The second-order valence-electron chi connectivity index (χ2n) is 9.78. The van der Waals surface area contributed by atoms with Gasteiger partial charge in [0.15, 0.2) is 0 Å². The molecule has 0 heterocycles. The lowest BCUT2D eigenvalue weighted by atomic mass is 9.86. The van der Waals surface area contributed by atoms with Crippen molar-refractivity contribution in [1.82, 2.24) is 0 Å². The smallest absolute Gasteiger partial charge is 0.304 e. The molecule has 6 heteroatoms. The van der Waals surface area contributed by atoms with Crippen molar-refractivity contribution in [2.45, 2.75) is 59.8 Å². The van der Waals surface area contributed by atoms with Crippen molar-refractivity contribution in [1.29, 1.82) is 0 Å². The van der Waals surface area contributed by atoms with Crippen molar-refractivity contribution in [2.75, 3.05) is 19.9 Å². The third-order valence-electron chi connectivity index (χ3n) is 6.00. The molecule has 206 valence electrons. The van der Waals surface area contributed by atoms with Crippen molar-refractivity contribution >= 4 is 29.7 Å². The molecule has 5 nitrogen and oxygen atoms in total. The molecule has 1 rings (SSSR count). The van der Waals surface area contributed by atoms with E-state index in [0.29, 0.717) is 6.61 Å². The number of ether oxygens (including phenoxy) is 1. The number of carbonyl (C=O) groups is 1. The second kappa shape index (κ2) is 17.4. The minimum absolute atomic E-state index is 0.00855. The number of rotatable bonds is 15. The van der Waals surface area contributed by atoms with Gasteiger partial charge in [0.2, 0.25) is 0 Å². The molecule has 1 N–H and O–H groups in total. The molecule has 0 fully saturated rings. The first-order valence-electron chi connectivity index (χ1n) is 12.9. The molecule has 0 spiro atoms. The minimum atomic E-state index is -0.838. The maximum Gasteiger partial charge on any atom is 0.304 e. The van der Waals surface area contributed by atoms with Crippen molar-refractivity contribution in [3.8, 4) is 5.75 Å². The Balaban J connectivity index is 2.92. The van der Waals surface area contributed by atoms with Gasteiger partial charge in [-0.2, -0.15) is 0 Å². The van der Waals surface area contributed by atoms with Crippen LogP contribution in [0.3, 0.4) is 0 Å². The molecule has 0 radical (unpaired) electrons. The van der Waals surface area contributed by atoms with E-state index >= 15 is 0 Å². The zero-order valence-electron chi connectivity index (χ0n) is 24.0. The third kappa shape index (κ3) is 12.0. The lowest BCUT2D eigenvalue weighted by molar-refractivity contribution is -0.137. The first-order chi connectivity index (χ1) is 18.1. The zero-order chi connectivity index (χ0) is 28.6. The van der Waals surface area contributed by atoms with E-state index in [1.54, 1.807) is 25.0 Å². The number of carboxylic acids is 1. The Kier molecular flexibility index (Phi) is 15.1. The standard InChI is InChI=1S/C32H44N2O3S/c1-9-11-12-16-29(33-7)28(22-31(35)36)25-17-19-27(20-18-25)37-23-30(38-8)24(3)34-21-14-13-15-26(10-2)32(4,5)6/h9-11,13-15,17-21,28H,2,12,16,22-23H2,1,3-8H3,(H,35,36)/b11-9-,14-13+,26-15+,30-24-,33-29?,34-21+. The molecule has 0 saturated carbocycles. The zero-order valence-corrected chi connectivity index (χ0v) is 24.8. The number of thioether (sulfide) groups is 1. The Morgan fingerprint density at radius 3 is 2.42 bits per heavy atom. The van der Waals surface area contributed by atoms with Crippen LogP contribution in [0.4, 0.5) is 0 Å². The Morgan fingerprint density at radius 2 is 1.89 bits per heavy atom. The molecule has 1 unspecified atom stereocenters. The van der Waals surface area contributed by atoms with E-state index in [9.17, 15) is 9.90 Å². The number of hydrogen-bond donors (Lipinski definition) is 1. The maximum atomic E-state index is 11.5. The van der Waals surface area contributed by atoms with E-state index in [2.05, 4.69) is 49.5 Å². The summed E-state index contributed by atoms with van der Waals surface area (Å²) in [6.07, 6.45) is 17.3. The van der Waals surface area contributed by atoms with Crippen LogP contribution in [0, 0.1) is 5.41 Å². The molecule has 1 aromatic rings. The Labute approximate surface area is 233 Å². The first-order valence-corrected chi connectivity index (χ1v) is 14.1. The number of allylic oxidation sites excluding steroid dienone is 8. The lowest BCUT2D eigenvalue weighted by Gasteiger charge is -2.19. The van der Waals surface area contributed by atoms with Gasteiger partial charge in [-0.15, -0.1) is 11.8 Å². The van der Waals surface area contributed by atoms with Crippen LogP contribution in [0.5, 0.6) is 5.75 Å². The van der Waals surface area contributed by atoms with E-state index < -0.39 is 5.97 Å². The van der Waals surface area contributed by atoms with Gasteiger partial charge in [0.25, 0.3) is 0 Å². The fourth-order valence-corrected chi connectivity index (χ4v) is 4.28. The molecule has 0 saturated heterocycles. The molecular formula is C32H44N2O3S. The molecule has 1 atom stereocenters. The van der Waals surface area contributed by atoms with Gasteiger partial charge >= 0.3 is 5.97 Å². The summed E-state index contributed by atoms with van der Waals surface area (Å²) in [5.41, 5.74) is 3.93. The SMILES string of the molecule is C=C\C(=C/C=C/C=N/C(C)=C(/COc1ccc(C(CC(=O)O)C(CC/C=C\C)=NC)cc1)SC)C(C)(C)C. The number of carboxylic acid groups (broad SMARTS) is 1. The number of benzene rings is 1. The molecule has 38 heavy (non-hydrogen) atoms. The Hall–Kier alpha value is -3.12. The van der Waals surface area contributed by atoms with E-state index in [1.165, 1.54) is 5.57 Å². The highest BCUT2D eigenvalue weighted by atomic mass is 32.2. The van der Waals surface area contributed by atoms with Gasteiger partial charge in [-0.25, -0.2) is 0 Å². The summed E-state index contributed by atoms with van der Waals surface area (Å²) >= 11 is 1.61. The minimum Gasteiger partial charge on any atom is -0.488 e. The van der Waals surface area contributed by atoms with Gasteiger partial charge in [-0.3, -0.25) is 14.8 Å². The normalized spacial score (nSPS) is 14.8. The van der Waals surface area contributed by atoms with Crippen molar-refractivity contribution < 1.29 is 14.6 Å². The first kappa shape index (κ1) is 32.9. The summed E-state index contributed by atoms with van der Waals surface area (Å²) in [4.78, 5) is 21.5. The largest absolute Gasteiger partial charge is 0.488 e. The van der Waals surface area contributed by atoms with Gasteiger partial charge in [0, 0.05) is 29.8 Å². The highest BCUT2D eigenvalue weighted by molar-refractivity contribution is 8.02. The monoisotopic (exact) mass is 536 g/mol. The lowest BCUT2D eigenvalue weighted by Crippen LogP contribution is -2.17. The molecule has 0 amide bonds. The summed E-state index contributed by atoms with van der Waals surface area (Å²) in [6.45, 7) is 14.7. The Bertz CT molecular complexity index is 1080. The Morgan fingerprint density at radius 1 is 1.21 bits per heavy atom. The predicted octanol–water partition coefficient (Wildman–Crippen LogP) is 8.43. The summed E-state index contributed by atoms with van der Waals surface area (Å²) in [5.74, 6) is -0.377. The van der Waals surface area contributed by atoms with Crippen LogP contribution in [-0.4, -0.2) is 42.9 Å². The van der Waals surface area contributed by atoms with Crippen LogP contribution in [0.25, 0.3) is 0 Å². The maximum absolute atomic E-state index is 11.5. The van der Waals surface area contributed by atoms with Crippen LogP contribution >= 0.6 is 11.8 Å². The van der Waals surface area contributed by atoms with E-state index in [1.807, 2.05) is 68.7 Å². The average molecular weight is 537 g/mol. The molecule has 0 aliphatic carbocycles. The molecule has 0 bridgehead atoms. The van der Waals surface area contributed by atoms with Gasteiger partial charge in [-0.05, 0) is 67.7 Å². The van der Waals surface area contributed by atoms with Crippen molar-refractivity contribution in [3.05, 3.63) is 89.0 Å². The summed E-state index contributed by atoms with van der Waals surface area (Å²) in [6, 6.07) is 7.65. The van der Waals surface area contributed by atoms with E-state index in [-0.39, 0.29) is 17.8 Å². The van der Waals surface area contributed by atoms with Crippen LogP contribution in [0.2, 0.25) is 0 Å². The number of aliphatic carboxylic acids is 1. The summed E-state index contributed by atoms with van der Waals surface area (Å²) in [5, 5.41) is 9.48. The molecule has 0 aliphatic rings.